The lowest BCUT2D eigenvalue weighted by atomic mass is 10.1. The molecular weight excluding hydrogens is 202 g/mol. The van der Waals surface area contributed by atoms with Gasteiger partial charge in [-0.15, -0.1) is 11.6 Å². The van der Waals surface area contributed by atoms with Gasteiger partial charge in [0.05, 0.1) is 0 Å². The second-order valence-electron chi connectivity index (χ2n) is 3.85. The van der Waals surface area contributed by atoms with Gasteiger partial charge in [-0.3, -0.25) is 4.79 Å². The Kier molecular flexibility index (Phi) is 4.69. The molecule has 14 heavy (non-hydrogen) atoms. The third-order valence-electron chi connectivity index (χ3n) is 2.74. The largest absolute Gasteiger partial charge is 0.381 e. The molecule has 0 N–H and O–H groups in total. The standard InChI is InChI=1S/C10H18ClNO2/c1-8(7-11)10(13)12(2)9-3-5-14-6-4-9/h8-9H,3-7H2,1-2H3. The summed E-state index contributed by atoms with van der Waals surface area (Å²) in [6.07, 6.45) is 1.88. The molecule has 1 rings (SSSR count). The van der Waals surface area contributed by atoms with Crippen molar-refractivity contribution in [3.8, 4) is 0 Å². The molecule has 1 aliphatic heterocycles. The first kappa shape index (κ1) is 11.8. The van der Waals surface area contributed by atoms with E-state index in [0.717, 1.165) is 26.1 Å². The van der Waals surface area contributed by atoms with Crippen LogP contribution in [0.4, 0.5) is 0 Å². The minimum atomic E-state index is -0.0792. The highest BCUT2D eigenvalue weighted by Gasteiger charge is 2.25. The van der Waals surface area contributed by atoms with Crippen molar-refractivity contribution in [3.63, 3.8) is 0 Å². The van der Waals surface area contributed by atoms with Crippen molar-refractivity contribution < 1.29 is 9.53 Å². The summed E-state index contributed by atoms with van der Waals surface area (Å²) in [4.78, 5) is 13.6. The molecule has 0 bridgehead atoms. The fourth-order valence-electron chi connectivity index (χ4n) is 1.67. The Morgan fingerprint density at radius 1 is 1.57 bits per heavy atom. The van der Waals surface area contributed by atoms with Gasteiger partial charge in [0.25, 0.3) is 0 Å². The van der Waals surface area contributed by atoms with Crippen molar-refractivity contribution in [3.05, 3.63) is 0 Å². The van der Waals surface area contributed by atoms with E-state index in [9.17, 15) is 4.79 Å². The number of nitrogens with zero attached hydrogens (tertiary/aromatic N) is 1. The molecule has 1 amide bonds. The zero-order valence-corrected chi connectivity index (χ0v) is 9.59. The van der Waals surface area contributed by atoms with E-state index in [1.165, 1.54) is 0 Å². The van der Waals surface area contributed by atoms with Crippen LogP contribution in [0.1, 0.15) is 19.8 Å². The molecule has 1 unspecified atom stereocenters. The topological polar surface area (TPSA) is 29.5 Å². The number of carbonyl (C=O) groups is 1. The molecule has 1 atom stereocenters. The number of carbonyl (C=O) groups excluding carboxylic acids is 1. The summed E-state index contributed by atoms with van der Waals surface area (Å²) in [5.74, 6) is 0.461. The Hall–Kier alpha value is -0.280. The number of amides is 1. The summed E-state index contributed by atoms with van der Waals surface area (Å²) in [6, 6.07) is 0.335. The van der Waals surface area contributed by atoms with Crippen LogP contribution in [0.15, 0.2) is 0 Å². The van der Waals surface area contributed by atoms with Crippen LogP contribution < -0.4 is 0 Å². The van der Waals surface area contributed by atoms with Crippen LogP contribution in [0.25, 0.3) is 0 Å². The summed E-state index contributed by atoms with van der Waals surface area (Å²) in [5.41, 5.74) is 0. The van der Waals surface area contributed by atoms with E-state index < -0.39 is 0 Å². The number of alkyl halides is 1. The Morgan fingerprint density at radius 2 is 2.14 bits per heavy atom. The van der Waals surface area contributed by atoms with Crippen molar-refractivity contribution in [2.24, 2.45) is 5.92 Å². The summed E-state index contributed by atoms with van der Waals surface area (Å²) in [7, 11) is 1.86. The highest BCUT2D eigenvalue weighted by Crippen LogP contribution is 2.15. The first-order chi connectivity index (χ1) is 6.66. The van der Waals surface area contributed by atoms with Crippen LogP contribution in [0.5, 0.6) is 0 Å². The number of hydrogen-bond acceptors (Lipinski definition) is 2. The highest BCUT2D eigenvalue weighted by molar-refractivity contribution is 6.19. The van der Waals surface area contributed by atoms with Gasteiger partial charge in [-0.25, -0.2) is 0 Å². The molecule has 0 radical (unpaired) electrons. The van der Waals surface area contributed by atoms with Gasteiger partial charge in [-0.05, 0) is 12.8 Å². The van der Waals surface area contributed by atoms with E-state index in [4.69, 9.17) is 16.3 Å². The van der Waals surface area contributed by atoms with Gasteiger partial charge in [-0.2, -0.15) is 0 Å². The predicted molar refractivity (Wildman–Crippen MR) is 56.5 cm³/mol. The average molecular weight is 220 g/mol. The van der Waals surface area contributed by atoms with E-state index in [1.807, 2.05) is 18.9 Å². The van der Waals surface area contributed by atoms with Crippen molar-refractivity contribution in [2.45, 2.75) is 25.8 Å². The molecule has 0 aromatic rings. The summed E-state index contributed by atoms with van der Waals surface area (Å²) < 4.78 is 5.25. The van der Waals surface area contributed by atoms with Crippen LogP contribution in [-0.4, -0.2) is 43.0 Å². The summed E-state index contributed by atoms with van der Waals surface area (Å²) in [6.45, 7) is 3.39. The number of hydrogen-bond donors (Lipinski definition) is 0. The first-order valence-corrected chi connectivity index (χ1v) is 5.60. The van der Waals surface area contributed by atoms with E-state index >= 15 is 0 Å². The second-order valence-corrected chi connectivity index (χ2v) is 4.16. The third kappa shape index (κ3) is 2.85. The maximum atomic E-state index is 11.8. The zero-order chi connectivity index (χ0) is 10.6. The predicted octanol–water partition coefficient (Wildman–Crippen LogP) is 1.50. The lowest BCUT2D eigenvalue weighted by molar-refractivity contribution is -0.136. The fraction of sp³-hybridized carbons (Fsp3) is 0.900. The van der Waals surface area contributed by atoms with E-state index in [1.54, 1.807) is 0 Å². The Bertz CT molecular complexity index is 193. The van der Waals surface area contributed by atoms with Gasteiger partial charge in [0.2, 0.25) is 5.91 Å². The van der Waals surface area contributed by atoms with E-state index in [-0.39, 0.29) is 11.8 Å². The van der Waals surface area contributed by atoms with Crippen LogP contribution in [0.2, 0.25) is 0 Å². The summed E-state index contributed by atoms with van der Waals surface area (Å²) >= 11 is 5.66. The number of halogens is 1. The molecule has 0 aromatic heterocycles. The molecular formula is C10H18ClNO2. The molecule has 3 nitrogen and oxygen atoms in total. The first-order valence-electron chi connectivity index (χ1n) is 5.07. The van der Waals surface area contributed by atoms with Gasteiger partial charge in [0, 0.05) is 38.1 Å². The molecule has 0 aliphatic carbocycles. The maximum absolute atomic E-state index is 11.8. The molecule has 0 aromatic carbocycles. The van der Waals surface area contributed by atoms with Crippen molar-refractivity contribution in [2.75, 3.05) is 26.1 Å². The van der Waals surface area contributed by atoms with Crippen molar-refractivity contribution in [1.29, 1.82) is 0 Å². The molecule has 0 spiro atoms. The smallest absolute Gasteiger partial charge is 0.226 e. The second kappa shape index (κ2) is 5.56. The Morgan fingerprint density at radius 3 is 2.64 bits per heavy atom. The zero-order valence-electron chi connectivity index (χ0n) is 8.83. The number of ether oxygens (including phenoxy) is 1. The molecule has 1 heterocycles. The molecule has 82 valence electrons. The van der Waals surface area contributed by atoms with Crippen molar-refractivity contribution >= 4 is 17.5 Å². The minimum absolute atomic E-state index is 0.0792. The Balaban J connectivity index is 2.45. The lowest BCUT2D eigenvalue weighted by Gasteiger charge is -2.32. The van der Waals surface area contributed by atoms with Crippen LogP contribution >= 0.6 is 11.6 Å². The monoisotopic (exact) mass is 219 g/mol. The van der Waals surface area contributed by atoms with Gasteiger partial charge < -0.3 is 9.64 Å². The normalized spacial score (nSPS) is 20.5. The quantitative estimate of drug-likeness (QED) is 0.674. The number of rotatable bonds is 3. The minimum Gasteiger partial charge on any atom is -0.381 e. The third-order valence-corrected chi connectivity index (χ3v) is 3.20. The summed E-state index contributed by atoms with van der Waals surface area (Å²) in [5, 5.41) is 0. The fourth-order valence-corrected chi connectivity index (χ4v) is 1.80. The van der Waals surface area contributed by atoms with E-state index in [0.29, 0.717) is 11.9 Å². The lowest BCUT2D eigenvalue weighted by Crippen LogP contribution is -2.43. The van der Waals surface area contributed by atoms with Gasteiger partial charge in [-0.1, -0.05) is 6.92 Å². The molecule has 4 heteroatoms. The maximum Gasteiger partial charge on any atom is 0.226 e. The van der Waals surface area contributed by atoms with Gasteiger partial charge in [0.15, 0.2) is 0 Å². The molecule has 1 aliphatic rings. The molecule has 1 saturated heterocycles. The van der Waals surface area contributed by atoms with E-state index in [2.05, 4.69) is 0 Å². The SMILES string of the molecule is CC(CCl)C(=O)N(C)C1CCOCC1. The van der Waals surface area contributed by atoms with Gasteiger partial charge in [0.1, 0.15) is 0 Å². The average Bonchev–Trinajstić information content (AvgIpc) is 2.27. The van der Waals surface area contributed by atoms with Crippen molar-refractivity contribution in [1.82, 2.24) is 4.90 Å². The van der Waals surface area contributed by atoms with Gasteiger partial charge >= 0.3 is 0 Å². The van der Waals surface area contributed by atoms with Crippen LogP contribution in [-0.2, 0) is 9.53 Å². The van der Waals surface area contributed by atoms with Crippen LogP contribution in [0, 0.1) is 5.92 Å². The molecule has 1 fully saturated rings. The highest BCUT2D eigenvalue weighted by atomic mass is 35.5. The molecule has 0 saturated carbocycles. The van der Waals surface area contributed by atoms with Crippen LogP contribution in [0.3, 0.4) is 0 Å². The Labute approximate surface area is 90.4 Å².